The maximum absolute atomic E-state index is 6.37. The summed E-state index contributed by atoms with van der Waals surface area (Å²) in [6.45, 7) is 7.72. The summed E-state index contributed by atoms with van der Waals surface area (Å²) in [6, 6.07) is 6.58. The molecule has 1 aliphatic carbocycles. The summed E-state index contributed by atoms with van der Waals surface area (Å²) in [5.41, 5.74) is 3.03. The molecule has 20 heavy (non-hydrogen) atoms. The standard InChI is InChI=1S/C18H26O2/c1-17(2,3)15-11-18(8-5-9-18)20-16-7-6-13(12-19-4)10-14(15)16/h6-7,10,15H,5,8-9,11-12H2,1-4H3. The summed E-state index contributed by atoms with van der Waals surface area (Å²) < 4.78 is 11.6. The highest BCUT2D eigenvalue weighted by Gasteiger charge is 2.48. The summed E-state index contributed by atoms with van der Waals surface area (Å²) in [4.78, 5) is 0. The van der Waals surface area contributed by atoms with Gasteiger partial charge in [0.1, 0.15) is 11.4 Å². The summed E-state index contributed by atoms with van der Waals surface area (Å²) >= 11 is 0. The fourth-order valence-corrected chi connectivity index (χ4v) is 3.63. The Hall–Kier alpha value is -1.02. The fourth-order valence-electron chi connectivity index (χ4n) is 3.63. The molecule has 1 heterocycles. The average Bonchev–Trinajstić information content (AvgIpc) is 2.35. The highest BCUT2D eigenvalue weighted by atomic mass is 16.5. The lowest BCUT2D eigenvalue weighted by Crippen LogP contribution is -2.48. The molecule has 2 heteroatoms. The molecule has 0 saturated heterocycles. The number of methoxy groups -OCH3 is 1. The maximum atomic E-state index is 6.37. The topological polar surface area (TPSA) is 18.5 Å². The molecular formula is C18H26O2. The highest BCUT2D eigenvalue weighted by molar-refractivity contribution is 5.43. The van der Waals surface area contributed by atoms with Crippen LogP contribution in [0.25, 0.3) is 0 Å². The van der Waals surface area contributed by atoms with Crippen molar-refractivity contribution in [2.75, 3.05) is 7.11 Å². The van der Waals surface area contributed by atoms with E-state index in [1.54, 1.807) is 7.11 Å². The number of benzene rings is 1. The molecule has 0 N–H and O–H groups in total. The molecule has 1 aliphatic heterocycles. The number of hydrogen-bond acceptors (Lipinski definition) is 2. The van der Waals surface area contributed by atoms with E-state index in [1.165, 1.54) is 36.8 Å². The van der Waals surface area contributed by atoms with Crippen LogP contribution in [0.5, 0.6) is 5.75 Å². The summed E-state index contributed by atoms with van der Waals surface area (Å²) in [6.07, 6.45) is 4.92. The predicted octanol–water partition coefficient (Wildman–Crippen LogP) is 4.67. The van der Waals surface area contributed by atoms with E-state index in [1.807, 2.05) is 0 Å². The van der Waals surface area contributed by atoms with Crippen LogP contribution >= 0.6 is 0 Å². The average molecular weight is 274 g/mol. The SMILES string of the molecule is COCc1ccc2c(c1)C(C(C)(C)C)CC1(CCC1)O2. The number of rotatable bonds is 2. The molecule has 0 aromatic heterocycles. The van der Waals surface area contributed by atoms with Gasteiger partial charge in [-0.15, -0.1) is 0 Å². The minimum absolute atomic E-state index is 0.133. The molecule has 2 aliphatic rings. The molecule has 1 aromatic carbocycles. The molecule has 1 aromatic rings. The van der Waals surface area contributed by atoms with Crippen LogP contribution in [-0.2, 0) is 11.3 Å². The van der Waals surface area contributed by atoms with Crippen LogP contribution in [0.2, 0.25) is 0 Å². The van der Waals surface area contributed by atoms with E-state index < -0.39 is 0 Å². The van der Waals surface area contributed by atoms with E-state index in [0.29, 0.717) is 12.5 Å². The quantitative estimate of drug-likeness (QED) is 0.780. The smallest absolute Gasteiger partial charge is 0.123 e. The Kier molecular flexibility index (Phi) is 3.32. The molecule has 1 atom stereocenters. The van der Waals surface area contributed by atoms with Gasteiger partial charge in [-0.3, -0.25) is 0 Å². The fraction of sp³-hybridized carbons (Fsp3) is 0.667. The van der Waals surface area contributed by atoms with E-state index in [0.717, 1.165) is 5.75 Å². The minimum Gasteiger partial charge on any atom is -0.487 e. The number of fused-ring (bicyclic) bond motifs is 1. The molecule has 0 bridgehead atoms. The zero-order valence-corrected chi connectivity index (χ0v) is 13.2. The molecule has 1 spiro atoms. The molecule has 0 amide bonds. The van der Waals surface area contributed by atoms with Crippen LogP contribution < -0.4 is 4.74 Å². The van der Waals surface area contributed by atoms with Gasteiger partial charge in [0, 0.05) is 7.11 Å². The van der Waals surface area contributed by atoms with Gasteiger partial charge in [-0.2, -0.15) is 0 Å². The molecule has 1 unspecified atom stereocenters. The van der Waals surface area contributed by atoms with Crippen molar-refractivity contribution in [3.05, 3.63) is 29.3 Å². The van der Waals surface area contributed by atoms with E-state index in [2.05, 4.69) is 39.0 Å². The minimum atomic E-state index is 0.133. The monoisotopic (exact) mass is 274 g/mol. The van der Waals surface area contributed by atoms with Gasteiger partial charge >= 0.3 is 0 Å². The van der Waals surface area contributed by atoms with Crippen molar-refractivity contribution in [2.45, 2.75) is 64.6 Å². The second-order valence-corrected chi connectivity index (χ2v) is 7.57. The van der Waals surface area contributed by atoms with Crippen molar-refractivity contribution >= 4 is 0 Å². The lowest BCUT2D eigenvalue weighted by Gasteiger charge is -2.51. The normalized spacial score (nSPS) is 23.9. The zero-order valence-electron chi connectivity index (χ0n) is 13.2. The molecule has 1 fully saturated rings. The van der Waals surface area contributed by atoms with E-state index in [-0.39, 0.29) is 11.0 Å². The van der Waals surface area contributed by atoms with Crippen molar-refractivity contribution in [3.8, 4) is 5.75 Å². The maximum Gasteiger partial charge on any atom is 0.123 e. The van der Waals surface area contributed by atoms with Gasteiger partial charge in [-0.25, -0.2) is 0 Å². The van der Waals surface area contributed by atoms with Gasteiger partial charge in [0.25, 0.3) is 0 Å². The van der Waals surface area contributed by atoms with E-state index in [4.69, 9.17) is 9.47 Å². The molecule has 1 saturated carbocycles. The van der Waals surface area contributed by atoms with Crippen molar-refractivity contribution < 1.29 is 9.47 Å². The summed E-state index contributed by atoms with van der Waals surface area (Å²) in [5, 5.41) is 0. The first-order chi connectivity index (χ1) is 9.43. The van der Waals surface area contributed by atoms with Crippen LogP contribution in [0.15, 0.2) is 18.2 Å². The van der Waals surface area contributed by atoms with Gasteiger partial charge in [0.15, 0.2) is 0 Å². The molecule has 110 valence electrons. The molecule has 3 rings (SSSR count). The Morgan fingerprint density at radius 1 is 1.30 bits per heavy atom. The third kappa shape index (κ3) is 2.35. The summed E-state index contributed by atoms with van der Waals surface area (Å²) in [7, 11) is 1.75. The molecule has 0 radical (unpaired) electrons. The van der Waals surface area contributed by atoms with Crippen molar-refractivity contribution in [3.63, 3.8) is 0 Å². The van der Waals surface area contributed by atoms with Crippen LogP contribution in [0, 0.1) is 5.41 Å². The first kappa shape index (κ1) is 13.9. The van der Waals surface area contributed by atoms with Gasteiger partial charge in [0.2, 0.25) is 0 Å². The first-order valence-electron chi connectivity index (χ1n) is 7.74. The van der Waals surface area contributed by atoms with Gasteiger partial charge in [-0.05, 0) is 60.3 Å². The van der Waals surface area contributed by atoms with Crippen LogP contribution in [0.1, 0.15) is 63.5 Å². The van der Waals surface area contributed by atoms with Crippen molar-refractivity contribution in [1.29, 1.82) is 0 Å². The Morgan fingerprint density at radius 2 is 2.05 bits per heavy atom. The number of ether oxygens (including phenoxy) is 2. The Morgan fingerprint density at radius 3 is 2.60 bits per heavy atom. The van der Waals surface area contributed by atoms with Crippen LogP contribution in [0.4, 0.5) is 0 Å². The third-order valence-electron chi connectivity index (χ3n) is 4.97. The lowest BCUT2D eigenvalue weighted by atomic mass is 9.64. The third-order valence-corrected chi connectivity index (χ3v) is 4.97. The zero-order chi connectivity index (χ0) is 14.4. The lowest BCUT2D eigenvalue weighted by molar-refractivity contribution is -0.0450. The second kappa shape index (κ2) is 4.77. The Bertz CT molecular complexity index is 495. The Labute approximate surface area is 122 Å². The first-order valence-corrected chi connectivity index (χ1v) is 7.74. The Balaban J connectivity index is 2.00. The van der Waals surface area contributed by atoms with Crippen LogP contribution in [0.3, 0.4) is 0 Å². The highest BCUT2D eigenvalue weighted by Crippen LogP contribution is 2.54. The van der Waals surface area contributed by atoms with Crippen molar-refractivity contribution in [1.82, 2.24) is 0 Å². The molecular weight excluding hydrogens is 248 g/mol. The summed E-state index contributed by atoms with van der Waals surface area (Å²) in [5.74, 6) is 1.68. The van der Waals surface area contributed by atoms with Gasteiger partial charge in [0.05, 0.1) is 6.61 Å². The largest absolute Gasteiger partial charge is 0.487 e. The van der Waals surface area contributed by atoms with Gasteiger partial charge in [-0.1, -0.05) is 26.8 Å². The predicted molar refractivity (Wildman–Crippen MR) is 81.2 cm³/mol. The van der Waals surface area contributed by atoms with Gasteiger partial charge < -0.3 is 9.47 Å². The van der Waals surface area contributed by atoms with Crippen LogP contribution in [-0.4, -0.2) is 12.7 Å². The van der Waals surface area contributed by atoms with E-state index >= 15 is 0 Å². The van der Waals surface area contributed by atoms with Crippen molar-refractivity contribution in [2.24, 2.45) is 5.41 Å². The number of hydrogen-bond donors (Lipinski definition) is 0. The molecule has 2 nitrogen and oxygen atoms in total. The second-order valence-electron chi connectivity index (χ2n) is 7.57. The van der Waals surface area contributed by atoms with E-state index in [9.17, 15) is 0 Å².